The summed E-state index contributed by atoms with van der Waals surface area (Å²) in [5, 5.41) is 0. The van der Waals surface area contributed by atoms with Gasteiger partial charge in [0.25, 0.3) is 0 Å². The lowest BCUT2D eigenvalue weighted by Gasteiger charge is -2.17. The molecule has 0 unspecified atom stereocenters. The van der Waals surface area contributed by atoms with Crippen LogP contribution in [0.4, 0.5) is 0 Å². The van der Waals surface area contributed by atoms with Crippen LogP contribution in [0.5, 0.6) is 0 Å². The number of rotatable bonds is 0. The van der Waals surface area contributed by atoms with Crippen molar-refractivity contribution in [2.24, 2.45) is 0 Å². The smallest absolute Gasteiger partial charge is 0.0239 e. The van der Waals surface area contributed by atoms with Crippen LogP contribution in [0.3, 0.4) is 0 Å². The Morgan fingerprint density at radius 1 is 1.17 bits per heavy atom. The van der Waals surface area contributed by atoms with E-state index in [0.717, 1.165) is 0 Å². The molecular formula is C11H11Br. The molecule has 0 heterocycles. The van der Waals surface area contributed by atoms with Crippen molar-refractivity contribution in [2.45, 2.75) is 19.8 Å². The zero-order valence-electron chi connectivity index (χ0n) is 7.10. The summed E-state index contributed by atoms with van der Waals surface area (Å²) in [4.78, 5) is 0. The minimum absolute atomic E-state index is 1.19. The summed E-state index contributed by atoms with van der Waals surface area (Å²) in [6.45, 7) is 2.19. The van der Waals surface area contributed by atoms with Crippen molar-refractivity contribution in [3.05, 3.63) is 41.0 Å². The fraction of sp³-hybridized carbons (Fsp3) is 0.273. The van der Waals surface area contributed by atoms with Gasteiger partial charge < -0.3 is 0 Å². The van der Waals surface area contributed by atoms with Crippen molar-refractivity contribution in [2.75, 3.05) is 0 Å². The van der Waals surface area contributed by atoms with Gasteiger partial charge in [0.05, 0.1) is 0 Å². The molecule has 12 heavy (non-hydrogen) atoms. The summed E-state index contributed by atoms with van der Waals surface area (Å²) in [6.07, 6.45) is 2.38. The highest BCUT2D eigenvalue weighted by Crippen LogP contribution is 2.34. The molecule has 0 spiro atoms. The molecule has 2 rings (SSSR count). The molecule has 0 aromatic heterocycles. The highest BCUT2D eigenvalue weighted by atomic mass is 79.9. The second-order valence-corrected chi connectivity index (χ2v) is 4.04. The standard InChI is InChI=1S/C11H11Br/c1-8-6-7-9-4-2-3-5-10(9)11(8)12/h2-5H,6-7H2,1H3. The van der Waals surface area contributed by atoms with Crippen LogP contribution in [0.2, 0.25) is 0 Å². The Hall–Kier alpha value is -0.560. The average molecular weight is 223 g/mol. The monoisotopic (exact) mass is 222 g/mol. The fourth-order valence-corrected chi connectivity index (χ4v) is 2.20. The predicted octanol–water partition coefficient (Wildman–Crippen LogP) is 3.76. The summed E-state index contributed by atoms with van der Waals surface area (Å²) >= 11 is 3.63. The van der Waals surface area contributed by atoms with Crippen molar-refractivity contribution in [3.63, 3.8) is 0 Å². The first-order chi connectivity index (χ1) is 5.79. The molecule has 0 saturated heterocycles. The maximum atomic E-state index is 3.63. The van der Waals surface area contributed by atoms with E-state index in [9.17, 15) is 0 Å². The summed E-state index contributed by atoms with van der Waals surface area (Å²) in [6, 6.07) is 8.60. The topological polar surface area (TPSA) is 0 Å². The Labute approximate surface area is 81.4 Å². The Morgan fingerprint density at radius 2 is 1.92 bits per heavy atom. The molecule has 0 radical (unpaired) electrons. The van der Waals surface area contributed by atoms with E-state index in [0.29, 0.717) is 0 Å². The van der Waals surface area contributed by atoms with E-state index in [1.165, 1.54) is 34.0 Å². The number of fused-ring (bicyclic) bond motifs is 1. The number of aryl methyl sites for hydroxylation is 1. The van der Waals surface area contributed by atoms with E-state index in [-0.39, 0.29) is 0 Å². The number of hydrogen-bond acceptors (Lipinski definition) is 0. The third kappa shape index (κ3) is 1.22. The average Bonchev–Trinajstić information content (AvgIpc) is 2.12. The van der Waals surface area contributed by atoms with Crippen molar-refractivity contribution in [3.8, 4) is 0 Å². The van der Waals surface area contributed by atoms with Crippen LogP contribution >= 0.6 is 15.9 Å². The minimum Gasteiger partial charge on any atom is -0.0620 e. The van der Waals surface area contributed by atoms with E-state index in [4.69, 9.17) is 0 Å². The molecule has 0 fully saturated rings. The van der Waals surface area contributed by atoms with Gasteiger partial charge >= 0.3 is 0 Å². The van der Waals surface area contributed by atoms with Crippen LogP contribution in [-0.2, 0) is 6.42 Å². The molecular weight excluding hydrogens is 212 g/mol. The number of allylic oxidation sites excluding steroid dienone is 1. The summed E-state index contributed by atoms with van der Waals surface area (Å²) in [5.74, 6) is 0. The molecule has 1 aromatic rings. The van der Waals surface area contributed by atoms with Gasteiger partial charge in [-0.25, -0.2) is 0 Å². The maximum absolute atomic E-state index is 3.63. The number of benzene rings is 1. The molecule has 0 atom stereocenters. The van der Waals surface area contributed by atoms with Crippen molar-refractivity contribution >= 4 is 20.4 Å². The second-order valence-electron chi connectivity index (χ2n) is 3.25. The first-order valence-electron chi connectivity index (χ1n) is 4.22. The van der Waals surface area contributed by atoms with Crippen LogP contribution in [0.25, 0.3) is 4.48 Å². The van der Waals surface area contributed by atoms with E-state index in [1.807, 2.05) is 0 Å². The maximum Gasteiger partial charge on any atom is 0.0239 e. The third-order valence-corrected chi connectivity index (χ3v) is 3.50. The van der Waals surface area contributed by atoms with Crippen LogP contribution in [0.15, 0.2) is 29.8 Å². The van der Waals surface area contributed by atoms with Crippen LogP contribution < -0.4 is 0 Å². The molecule has 0 amide bonds. The lowest BCUT2D eigenvalue weighted by atomic mass is 9.93. The lowest BCUT2D eigenvalue weighted by molar-refractivity contribution is 0.926. The summed E-state index contributed by atoms with van der Waals surface area (Å²) in [7, 11) is 0. The second kappa shape index (κ2) is 3.06. The molecule has 0 N–H and O–H groups in total. The SMILES string of the molecule is CC1=C(Br)c2ccccc2CC1. The first-order valence-corrected chi connectivity index (χ1v) is 5.02. The van der Waals surface area contributed by atoms with E-state index < -0.39 is 0 Å². The van der Waals surface area contributed by atoms with E-state index in [1.54, 1.807) is 0 Å². The lowest BCUT2D eigenvalue weighted by Crippen LogP contribution is -1.99. The van der Waals surface area contributed by atoms with Crippen molar-refractivity contribution in [1.82, 2.24) is 0 Å². The predicted molar refractivity (Wildman–Crippen MR) is 56.3 cm³/mol. The molecule has 0 bridgehead atoms. The van der Waals surface area contributed by atoms with Crippen LogP contribution in [0, 0.1) is 0 Å². The normalized spacial score (nSPS) is 16.2. The first kappa shape index (κ1) is 8.06. The Bertz CT molecular complexity index is 337. The quantitative estimate of drug-likeness (QED) is 0.628. The van der Waals surface area contributed by atoms with Gasteiger partial charge in [-0.15, -0.1) is 0 Å². The zero-order chi connectivity index (χ0) is 8.55. The highest BCUT2D eigenvalue weighted by Gasteiger charge is 2.12. The highest BCUT2D eigenvalue weighted by molar-refractivity contribution is 9.15. The number of hydrogen-bond donors (Lipinski definition) is 0. The summed E-state index contributed by atoms with van der Waals surface area (Å²) < 4.78 is 1.30. The van der Waals surface area contributed by atoms with Gasteiger partial charge in [0.1, 0.15) is 0 Å². The van der Waals surface area contributed by atoms with Gasteiger partial charge in [-0.1, -0.05) is 45.8 Å². The van der Waals surface area contributed by atoms with Gasteiger partial charge in [0.2, 0.25) is 0 Å². The summed E-state index contributed by atoms with van der Waals surface area (Å²) in [5.41, 5.74) is 4.31. The Morgan fingerprint density at radius 3 is 2.75 bits per heavy atom. The molecule has 1 heteroatoms. The molecule has 0 nitrogen and oxygen atoms in total. The van der Waals surface area contributed by atoms with Gasteiger partial charge in [-0.3, -0.25) is 0 Å². The fourth-order valence-electron chi connectivity index (χ4n) is 1.61. The van der Waals surface area contributed by atoms with Gasteiger partial charge in [0, 0.05) is 4.48 Å². The van der Waals surface area contributed by atoms with Crippen LogP contribution in [-0.4, -0.2) is 0 Å². The van der Waals surface area contributed by atoms with E-state index >= 15 is 0 Å². The molecule has 0 aliphatic heterocycles. The molecule has 0 saturated carbocycles. The van der Waals surface area contributed by atoms with Gasteiger partial charge in [-0.2, -0.15) is 0 Å². The molecule has 62 valence electrons. The Balaban J connectivity index is 2.59. The largest absolute Gasteiger partial charge is 0.0620 e. The van der Waals surface area contributed by atoms with Crippen molar-refractivity contribution in [1.29, 1.82) is 0 Å². The molecule has 1 aliphatic carbocycles. The Kier molecular flexibility index (Phi) is 2.05. The van der Waals surface area contributed by atoms with Crippen LogP contribution in [0.1, 0.15) is 24.5 Å². The van der Waals surface area contributed by atoms with Crippen molar-refractivity contribution < 1.29 is 0 Å². The number of halogens is 1. The third-order valence-electron chi connectivity index (χ3n) is 2.40. The van der Waals surface area contributed by atoms with Gasteiger partial charge in [-0.05, 0) is 30.9 Å². The molecule has 1 aromatic carbocycles. The van der Waals surface area contributed by atoms with Gasteiger partial charge in [0.15, 0.2) is 0 Å². The molecule has 1 aliphatic rings. The minimum atomic E-state index is 1.19. The van der Waals surface area contributed by atoms with E-state index in [2.05, 4.69) is 47.1 Å². The zero-order valence-corrected chi connectivity index (χ0v) is 8.69.